The van der Waals surface area contributed by atoms with Crippen LogP contribution in [0.5, 0.6) is 0 Å². The van der Waals surface area contributed by atoms with E-state index in [2.05, 4.69) is 5.11 Å². The van der Waals surface area contributed by atoms with Gasteiger partial charge in [-0.25, -0.2) is 0 Å². The molecule has 0 amide bonds. The third-order valence-corrected chi connectivity index (χ3v) is 0.880. The lowest BCUT2D eigenvalue weighted by atomic mass is 10.2. The zero-order chi connectivity index (χ0) is 17.3. The smallest absolute Gasteiger partial charge is 0.306 e. The largest absolute Gasteiger partial charge is 0.481 e. The Morgan fingerprint density at radius 2 is 2.36 bits per heavy atom. The van der Waals surface area contributed by atoms with E-state index < -0.39 is 50.4 Å². The lowest BCUT2D eigenvalue weighted by molar-refractivity contribution is -0.873. The molecular formula is C7H16NO3+. The monoisotopic (exact) mass is 172 g/mol. The van der Waals surface area contributed by atoms with Crippen molar-refractivity contribution in [2.24, 2.45) is 0 Å². The highest BCUT2D eigenvalue weighted by atomic mass is 16.4. The summed E-state index contributed by atoms with van der Waals surface area (Å²) in [5.41, 5.74) is 0. The van der Waals surface area contributed by atoms with E-state index in [9.17, 15) is 4.79 Å². The van der Waals surface area contributed by atoms with Gasteiger partial charge in [-0.2, -0.15) is 0 Å². The molecule has 0 spiro atoms. The number of aliphatic hydroxyl groups is 1. The zero-order valence-corrected chi connectivity index (χ0v) is 5.70. The summed E-state index contributed by atoms with van der Waals surface area (Å²) in [6, 6.07) is 0. The van der Waals surface area contributed by atoms with Crippen LogP contribution in [0.15, 0.2) is 0 Å². The molecule has 0 radical (unpaired) electrons. The second kappa shape index (κ2) is 3.69. The first-order chi connectivity index (χ1) is 9.10. The summed E-state index contributed by atoms with van der Waals surface area (Å²) in [6.45, 7) is -11.7. The van der Waals surface area contributed by atoms with Crippen LogP contribution >= 0.6 is 0 Å². The van der Waals surface area contributed by atoms with Gasteiger partial charge in [-0.1, -0.05) is 0 Å². The van der Waals surface area contributed by atoms with Gasteiger partial charge in [0.1, 0.15) is 12.6 Å². The van der Waals surface area contributed by atoms with E-state index in [0.717, 1.165) is 0 Å². The molecule has 0 saturated carbocycles. The van der Waals surface area contributed by atoms with E-state index in [4.69, 9.17) is 18.9 Å². The maximum Gasteiger partial charge on any atom is 0.306 e. The average Bonchev–Trinajstić information content (AvgIpc) is 2.17. The van der Waals surface area contributed by atoms with E-state index in [1.54, 1.807) is 0 Å². The van der Waals surface area contributed by atoms with Crippen LogP contribution in [0.2, 0.25) is 0 Å². The topological polar surface area (TPSA) is 57.5 Å². The molecule has 0 aliphatic rings. The van der Waals surface area contributed by atoms with Crippen molar-refractivity contribution in [3.63, 3.8) is 0 Å². The molecule has 0 heterocycles. The highest BCUT2D eigenvalue weighted by Gasteiger charge is 2.17. The van der Waals surface area contributed by atoms with E-state index in [0.29, 0.717) is 0 Å². The number of aliphatic carboxylic acids is 1. The highest BCUT2D eigenvalue weighted by molar-refractivity contribution is 5.67. The Morgan fingerprint density at radius 3 is 2.73 bits per heavy atom. The van der Waals surface area contributed by atoms with Crippen molar-refractivity contribution in [2.45, 2.75) is 12.5 Å². The summed E-state index contributed by atoms with van der Waals surface area (Å²) in [5, 5.41) is 12.6. The first kappa shape index (κ1) is 2.44. The maximum atomic E-state index is 10.6. The van der Waals surface area contributed by atoms with Gasteiger partial charge in [-0.3, -0.25) is 4.79 Å². The maximum absolute atomic E-state index is 10.6. The number of rotatable bonds is 5. The number of carboxylic acids is 1. The fourth-order valence-electron chi connectivity index (χ4n) is 0.565. The summed E-state index contributed by atoms with van der Waals surface area (Å²) < 4.78 is 70.3. The van der Waals surface area contributed by atoms with Crippen molar-refractivity contribution in [1.29, 1.82) is 1.43 Å². The van der Waals surface area contributed by atoms with Crippen molar-refractivity contribution in [1.82, 2.24) is 0 Å². The fraction of sp³-hybridized carbons (Fsp3) is 0.857. The van der Waals surface area contributed by atoms with Crippen LogP contribution < -0.4 is 0 Å². The van der Waals surface area contributed by atoms with Crippen molar-refractivity contribution in [3.8, 4) is 0 Å². The molecule has 2 N–H and O–H groups in total. The summed E-state index contributed by atoms with van der Waals surface area (Å²) in [6.07, 6.45) is -2.60. The Bertz CT molecular complexity index is 336. The molecule has 4 heteroatoms. The second-order valence-electron chi connectivity index (χ2n) is 2.21. The molecule has 11 heavy (non-hydrogen) atoms. The van der Waals surface area contributed by atoms with Crippen LogP contribution in [0.1, 0.15) is 18.8 Å². The standard InChI is InChI=1S/C7H15NO3/c1-8(2,3)5-6(9)4-7(10)11/h6,9H,4-5H2,1-3H3/p+1/t6-/m1/s1/i1D3,2D3,3D3,9D. The Balaban J connectivity index is 5.98. The minimum Gasteiger partial charge on any atom is -0.481 e. The van der Waals surface area contributed by atoms with Crippen molar-refractivity contribution < 1.29 is 31.8 Å². The number of likely N-dealkylation sites (N-methyl/N-ethyl adjacent to an activating group) is 1. The van der Waals surface area contributed by atoms with E-state index in [1.165, 1.54) is 0 Å². The van der Waals surface area contributed by atoms with Crippen LogP contribution in [0.3, 0.4) is 0 Å². The Kier molecular flexibility index (Phi) is 0.817. The van der Waals surface area contributed by atoms with Gasteiger partial charge < -0.3 is 14.7 Å². The minimum absolute atomic E-state index is 0.897. The predicted octanol–water partition coefficient (Wildman–Crippen LogP) is -0.472. The molecule has 0 rings (SSSR count). The normalized spacial score (nSPS) is 31.3. The van der Waals surface area contributed by atoms with Gasteiger partial charge >= 0.3 is 5.97 Å². The first-order valence-electron chi connectivity index (χ1n) is 7.73. The predicted molar refractivity (Wildman–Crippen MR) is 41.2 cm³/mol. The molecule has 4 nitrogen and oxygen atoms in total. The Morgan fingerprint density at radius 1 is 1.73 bits per heavy atom. The van der Waals surface area contributed by atoms with E-state index >= 15 is 0 Å². The van der Waals surface area contributed by atoms with Crippen LogP contribution in [-0.4, -0.2) is 55.7 Å². The number of aliphatic hydroxyl groups excluding tert-OH is 1. The third kappa shape index (κ3) is 7.29. The zero-order valence-electron chi connectivity index (χ0n) is 15.7. The molecule has 66 valence electrons. The minimum atomic E-state index is -3.49. The van der Waals surface area contributed by atoms with Gasteiger partial charge in [0.15, 0.2) is 0 Å². The van der Waals surface area contributed by atoms with Crippen molar-refractivity contribution in [2.75, 3.05) is 27.5 Å². The number of quaternary nitrogens is 1. The number of hydrogen-bond donors (Lipinski definition) is 2. The Labute approximate surface area is 80.8 Å². The van der Waals surface area contributed by atoms with Gasteiger partial charge in [0.2, 0.25) is 1.43 Å². The van der Waals surface area contributed by atoms with Crippen LogP contribution in [-0.2, 0) is 4.79 Å². The molecule has 0 aliphatic carbocycles. The lowest BCUT2D eigenvalue weighted by Gasteiger charge is -2.25. The van der Waals surface area contributed by atoms with Crippen LogP contribution in [0.4, 0.5) is 0 Å². The number of carboxylic acid groups (broad SMARTS) is 1. The summed E-state index contributed by atoms with van der Waals surface area (Å²) in [5.74, 6) is -1.48. The van der Waals surface area contributed by atoms with Gasteiger partial charge in [0.05, 0.1) is 39.7 Å². The number of nitrogens with zero attached hydrogens (tertiary/aromatic N) is 1. The van der Waals surface area contributed by atoms with Gasteiger partial charge in [-0.15, -0.1) is 0 Å². The molecular weight excluding hydrogens is 146 g/mol. The van der Waals surface area contributed by atoms with Crippen molar-refractivity contribution >= 4 is 5.97 Å². The van der Waals surface area contributed by atoms with Gasteiger partial charge in [0, 0.05) is 0 Å². The molecule has 0 unspecified atom stereocenters. The molecule has 0 fully saturated rings. The van der Waals surface area contributed by atoms with Crippen LogP contribution in [0.25, 0.3) is 0 Å². The Hall–Kier alpha value is -0.610. The van der Waals surface area contributed by atoms with Crippen LogP contribution in [0, 0.1) is 0 Å². The SMILES string of the molecule is [2H]O[C@H](CC(=O)O)C[N+](C([2H])([2H])[2H])(C([2H])([2H])[2H])C([2H])([2H])[2H]. The lowest BCUT2D eigenvalue weighted by Crippen LogP contribution is -2.42. The molecule has 0 saturated heterocycles. The summed E-state index contributed by atoms with van der Waals surface area (Å²) >= 11 is 0. The quantitative estimate of drug-likeness (QED) is 0.551. The average molecular weight is 172 g/mol. The molecule has 0 aromatic rings. The molecule has 0 aromatic heterocycles. The summed E-state index contributed by atoms with van der Waals surface area (Å²) in [7, 11) is 0. The molecule has 0 aromatic carbocycles. The summed E-state index contributed by atoms with van der Waals surface area (Å²) in [4.78, 5) is 10.6. The molecule has 0 bridgehead atoms. The highest BCUT2D eigenvalue weighted by Crippen LogP contribution is 1.98. The molecule has 0 aliphatic heterocycles. The van der Waals surface area contributed by atoms with E-state index in [1.807, 2.05) is 0 Å². The second-order valence-corrected chi connectivity index (χ2v) is 2.21. The van der Waals surface area contributed by atoms with E-state index in [-0.39, 0.29) is 0 Å². The fourth-order valence-corrected chi connectivity index (χ4v) is 0.565. The van der Waals surface area contributed by atoms with Gasteiger partial charge in [0.25, 0.3) is 0 Å². The third-order valence-electron chi connectivity index (χ3n) is 0.880. The number of hydrogen-bond acceptors (Lipinski definition) is 2. The molecule has 1 atom stereocenters. The van der Waals surface area contributed by atoms with Crippen molar-refractivity contribution in [3.05, 3.63) is 0 Å². The first-order valence-corrected chi connectivity index (χ1v) is 2.82. The van der Waals surface area contributed by atoms with Gasteiger partial charge in [-0.05, 0) is 0 Å². The number of carbonyl (C=O) groups is 1.